The number of methoxy groups -OCH3 is 1. The largest absolute Gasteiger partial charge is 0.475 e. The molecule has 0 radical (unpaired) electrons. The molecule has 1 aromatic carbocycles. The van der Waals surface area contributed by atoms with Crippen LogP contribution in [0.15, 0.2) is 35.3 Å². The molecule has 0 atom stereocenters. The van der Waals surface area contributed by atoms with Crippen molar-refractivity contribution < 1.29 is 9.47 Å². The monoisotopic (exact) mass is 252 g/mol. The number of hydrogen-bond acceptors (Lipinski definition) is 5. The maximum absolute atomic E-state index is 5.30. The third-order valence-electron chi connectivity index (χ3n) is 2.33. The van der Waals surface area contributed by atoms with E-state index in [-0.39, 0.29) is 0 Å². The van der Waals surface area contributed by atoms with E-state index >= 15 is 0 Å². The van der Waals surface area contributed by atoms with Crippen LogP contribution in [-0.4, -0.2) is 42.9 Å². The van der Waals surface area contributed by atoms with Crippen LogP contribution >= 0.6 is 11.9 Å². The first kappa shape index (κ1) is 12.4. The molecule has 1 aliphatic rings. The predicted molar refractivity (Wildman–Crippen MR) is 70.5 cm³/mol. The first-order valence-corrected chi connectivity index (χ1v) is 6.34. The number of hydrogen-bond donors (Lipinski definition) is 0. The van der Waals surface area contributed by atoms with Crippen molar-refractivity contribution in [1.82, 2.24) is 4.31 Å². The number of ether oxygens (including phenoxy) is 2. The average Bonchev–Trinajstić information content (AvgIpc) is 2.40. The van der Waals surface area contributed by atoms with E-state index in [0.717, 1.165) is 32.0 Å². The quantitative estimate of drug-likeness (QED) is 0.459. The summed E-state index contributed by atoms with van der Waals surface area (Å²) >= 11 is 1.54. The smallest absolute Gasteiger partial charge is 0.266 e. The summed E-state index contributed by atoms with van der Waals surface area (Å²) in [7, 11) is 1.65. The zero-order valence-electron chi connectivity index (χ0n) is 9.83. The van der Waals surface area contributed by atoms with Crippen LogP contribution in [0.2, 0.25) is 0 Å². The van der Waals surface area contributed by atoms with E-state index in [9.17, 15) is 0 Å². The van der Waals surface area contributed by atoms with E-state index in [1.807, 2.05) is 30.3 Å². The third kappa shape index (κ3) is 4.03. The molecule has 0 N–H and O–H groups in total. The van der Waals surface area contributed by atoms with Crippen LogP contribution in [0.5, 0.6) is 0 Å². The molecule has 0 bridgehead atoms. The van der Waals surface area contributed by atoms with E-state index in [4.69, 9.17) is 9.47 Å². The van der Waals surface area contributed by atoms with Gasteiger partial charge in [0.15, 0.2) is 0 Å². The molecule has 0 saturated carbocycles. The van der Waals surface area contributed by atoms with Crippen LogP contribution in [0.1, 0.15) is 0 Å². The van der Waals surface area contributed by atoms with Gasteiger partial charge in [-0.05, 0) is 12.1 Å². The Labute approximate surface area is 106 Å². The first-order valence-electron chi connectivity index (χ1n) is 5.57. The lowest BCUT2D eigenvalue weighted by atomic mass is 10.3. The molecule has 1 aliphatic heterocycles. The van der Waals surface area contributed by atoms with Crippen molar-refractivity contribution in [3.63, 3.8) is 0 Å². The highest BCUT2D eigenvalue weighted by Gasteiger charge is 2.14. The van der Waals surface area contributed by atoms with Gasteiger partial charge in [-0.1, -0.05) is 18.2 Å². The average molecular weight is 252 g/mol. The zero-order valence-corrected chi connectivity index (χ0v) is 10.7. The number of benzene rings is 1. The molecule has 4 nitrogen and oxygen atoms in total. The molecule has 5 heteroatoms. The van der Waals surface area contributed by atoms with Gasteiger partial charge in [0.05, 0.1) is 26.0 Å². The number of rotatable bonds is 2. The van der Waals surface area contributed by atoms with Gasteiger partial charge in [-0.25, -0.2) is 9.30 Å². The fourth-order valence-corrected chi connectivity index (χ4v) is 2.23. The summed E-state index contributed by atoms with van der Waals surface area (Å²) in [6, 6.07) is 9.81. The fraction of sp³-hybridized carbons (Fsp3) is 0.417. The molecule has 0 spiro atoms. The van der Waals surface area contributed by atoms with E-state index in [2.05, 4.69) is 9.30 Å². The highest BCUT2D eigenvalue weighted by atomic mass is 32.2. The normalized spacial score (nSPS) is 18.1. The molecule has 1 fully saturated rings. The highest BCUT2D eigenvalue weighted by molar-refractivity contribution is 8.11. The number of morpholine rings is 1. The van der Waals surface area contributed by atoms with Crippen molar-refractivity contribution in [2.24, 2.45) is 4.99 Å². The second-order valence-corrected chi connectivity index (χ2v) is 4.60. The highest BCUT2D eigenvalue weighted by Crippen LogP contribution is 2.19. The van der Waals surface area contributed by atoms with Gasteiger partial charge < -0.3 is 9.47 Å². The van der Waals surface area contributed by atoms with Crippen molar-refractivity contribution in [1.29, 1.82) is 0 Å². The SMILES string of the molecule is COC(=Nc1ccccc1)SN1CCOCC1. The standard InChI is InChI=1S/C12H16N2O2S/c1-15-12(13-11-5-3-2-4-6-11)17-14-7-9-16-10-8-14/h2-6H,7-10H2,1H3. The van der Waals surface area contributed by atoms with E-state index in [0.29, 0.717) is 5.23 Å². The fourth-order valence-electron chi connectivity index (χ4n) is 1.46. The lowest BCUT2D eigenvalue weighted by Gasteiger charge is -2.24. The minimum absolute atomic E-state index is 0.665. The Balaban J connectivity index is 1.98. The Hall–Kier alpha value is -1.04. The summed E-state index contributed by atoms with van der Waals surface area (Å²) in [5, 5.41) is 0.665. The van der Waals surface area contributed by atoms with Crippen LogP contribution in [-0.2, 0) is 9.47 Å². The molecule has 2 rings (SSSR count). The van der Waals surface area contributed by atoms with Gasteiger partial charge in [0.2, 0.25) is 0 Å². The van der Waals surface area contributed by atoms with Crippen molar-refractivity contribution in [2.45, 2.75) is 0 Å². The Morgan fingerprint density at radius 3 is 2.65 bits per heavy atom. The molecule has 1 aromatic rings. The second-order valence-electron chi connectivity index (χ2n) is 3.55. The molecule has 0 amide bonds. The molecule has 0 unspecified atom stereocenters. The van der Waals surface area contributed by atoms with E-state index < -0.39 is 0 Å². The minimum Gasteiger partial charge on any atom is -0.475 e. The number of nitrogens with zero attached hydrogens (tertiary/aromatic N) is 2. The summed E-state index contributed by atoms with van der Waals surface area (Å²) in [4.78, 5) is 4.45. The van der Waals surface area contributed by atoms with Crippen molar-refractivity contribution >= 4 is 22.9 Å². The Bertz CT molecular complexity index is 364. The lowest BCUT2D eigenvalue weighted by molar-refractivity contribution is 0.0776. The number of para-hydroxylation sites is 1. The van der Waals surface area contributed by atoms with Crippen LogP contribution in [0.4, 0.5) is 5.69 Å². The molecule has 1 heterocycles. The topological polar surface area (TPSA) is 34.1 Å². The molecular formula is C12H16N2O2S. The maximum atomic E-state index is 5.30. The zero-order chi connectivity index (χ0) is 11.9. The summed E-state index contributed by atoms with van der Waals surface area (Å²) < 4.78 is 12.8. The molecule has 92 valence electrons. The van der Waals surface area contributed by atoms with Crippen molar-refractivity contribution in [2.75, 3.05) is 33.4 Å². The van der Waals surface area contributed by atoms with E-state index in [1.54, 1.807) is 19.1 Å². The van der Waals surface area contributed by atoms with Crippen molar-refractivity contribution in [3.05, 3.63) is 30.3 Å². The first-order chi connectivity index (χ1) is 8.38. The molecule has 0 aliphatic carbocycles. The molecule has 17 heavy (non-hydrogen) atoms. The number of aliphatic imine (C=N–C) groups is 1. The third-order valence-corrected chi connectivity index (χ3v) is 3.37. The van der Waals surface area contributed by atoms with Crippen molar-refractivity contribution in [3.8, 4) is 0 Å². The van der Waals surface area contributed by atoms with Gasteiger partial charge in [-0.3, -0.25) is 0 Å². The Morgan fingerprint density at radius 2 is 2.00 bits per heavy atom. The molecular weight excluding hydrogens is 236 g/mol. The van der Waals surface area contributed by atoms with Crippen LogP contribution in [0, 0.1) is 0 Å². The lowest BCUT2D eigenvalue weighted by Crippen LogP contribution is -2.32. The Kier molecular flexibility index (Phi) is 4.85. The van der Waals surface area contributed by atoms with Gasteiger partial charge in [-0.15, -0.1) is 0 Å². The molecule has 0 aromatic heterocycles. The summed E-state index contributed by atoms with van der Waals surface area (Å²) in [6.07, 6.45) is 0. The summed E-state index contributed by atoms with van der Waals surface area (Å²) in [6.45, 7) is 3.36. The Morgan fingerprint density at radius 1 is 1.29 bits per heavy atom. The summed E-state index contributed by atoms with van der Waals surface area (Å²) in [5.74, 6) is 0. The van der Waals surface area contributed by atoms with Gasteiger partial charge in [0.25, 0.3) is 5.23 Å². The predicted octanol–water partition coefficient (Wildman–Crippen LogP) is 2.30. The summed E-state index contributed by atoms with van der Waals surface area (Å²) in [5.41, 5.74) is 0.908. The van der Waals surface area contributed by atoms with Crippen LogP contribution < -0.4 is 0 Å². The minimum atomic E-state index is 0.665. The van der Waals surface area contributed by atoms with Gasteiger partial charge in [-0.2, -0.15) is 0 Å². The van der Waals surface area contributed by atoms with Crippen LogP contribution in [0.3, 0.4) is 0 Å². The second kappa shape index (κ2) is 6.64. The van der Waals surface area contributed by atoms with E-state index in [1.165, 1.54) is 0 Å². The van der Waals surface area contributed by atoms with Gasteiger partial charge in [0, 0.05) is 25.0 Å². The van der Waals surface area contributed by atoms with Gasteiger partial charge >= 0.3 is 0 Å². The molecule has 1 saturated heterocycles. The maximum Gasteiger partial charge on any atom is 0.266 e. The van der Waals surface area contributed by atoms with Gasteiger partial charge in [0.1, 0.15) is 0 Å². The van der Waals surface area contributed by atoms with Crippen LogP contribution in [0.25, 0.3) is 0 Å².